The summed E-state index contributed by atoms with van der Waals surface area (Å²) in [6.07, 6.45) is 0. The lowest BCUT2D eigenvalue weighted by molar-refractivity contribution is 0.410. The Morgan fingerprint density at radius 2 is 1.63 bits per heavy atom. The van der Waals surface area contributed by atoms with Crippen LogP contribution in [0.25, 0.3) is 0 Å². The third kappa shape index (κ3) is 3.40. The van der Waals surface area contributed by atoms with Gasteiger partial charge < -0.3 is 4.74 Å². The highest BCUT2D eigenvalue weighted by Crippen LogP contribution is 2.38. The SMILES string of the molecule is COc1ccc(Br)cc1C(Br)c1cc(C)cc(C)c1. The summed E-state index contributed by atoms with van der Waals surface area (Å²) in [5.74, 6) is 0.893. The van der Waals surface area contributed by atoms with Crippen molar-refractivity contribution in [3.8, 4) is 5.75 Å². The molecule has 1 nitrogen and oxygen atoms in total. The summed E-state index contributed by atoms with van der Waals surface area (Å²) in [5, 5.41) is 0. The second-order valence-electron chi connectivity index (χ2n) is 4.67. The minimum atomic E-state index is 0.124. The fourth-order valence-electron chi connectivity index (χ4n) is 2.24. The van der Waals surface area contributed by atoms with Crippen molar-refractivity contribution in [2.75, 3.05) is 7.11 Å². The van der Waals surface area contributed by atoms with E-state index < -0.39 is 0 Å². The highest BCUT2D eigenvalue weighted by atomic mass is 79.9. The van der Waals surface area contributed by atoms with Crippen molar-refractivity contribution in [2.24, 2.45) is 0 Å². The van der Waals surface area contributed by atoms with E-state index in [0.29, 0.717) is 0 Å². The Hall–Kier alpha value is -0.800. The Kier molecular flexibility index (Phi) is 4.69. The molecular formula is C16H16Br2O. The number of methoxy groups -OCH3 is 1. The van der Waals surface area contributed by atoms with Gasteiger partial charge in [-0.25, -0.2) is 0 Å². The molecule has 0 radical (unpaired) electrons. The lowest BCUT2D eigenvalue weighted by Gasteiger charge is -2.16. The first kappa shape index (κ1) is 14.6. The molecule has 19 heavy (non-hydrogen) atoms. The van der Waals surface area contributed by atoms with Crippen LogP contribution in [0.5, 0.6) is 5.75 Å². The van der Waals surface area contributed by atoms with E-state index in [1.165, 1.54) is 16.7 Å². The van der Waals surface area contributed by atoms with Gasteiger partial charge in [-0.15, -0.1) is 0 Å². The van der Waals surface area contributed by atoms with E-state index in [4.69, 9.17) is 4.74 Å². The summed E-state index contributed by atoms with van der Waals surface area (Å²) < 4.78 is 6.51. The van der Waals surface area contributed by atoms with Crippen molar-refractivity contribution in [3.05, 3.63) is 63.1 Å². The molecule has 0 saturated heterocycles. The van der Waals surface area contributed by atoms with Crippen molar-refractivity contribution in [2.45, 2.75) is 18.7 Å². The highest BCUT2D eigenvalue weighted by Gasteiger charge is 2.16. The van der Waals surface area contributed by atoms with Crippen LogP contribution in [0.2, 0.25) is 0 Å². The van der Waals surface area contributed by atoms with E-state index >= 15 is 0 Å². The molecule has 0 spiro atoms. The summed E-state index contributed by atoms with van der Waals surface area (Å²) in [5.41, 5.74) is 4.91. The smallest absolute Gasteiger partial charge is 0.123 e. The Morgan fingerprint density at radius 3 is 2.21 bits per heavy atom. The molecular weight excluding hydrogens is 368 g/mol. The van der Waals surface area contributed by atoms with E-state index in [1.54, 1.807) is 7.11 Å². The molecule has 0 N–H and O–H groups in total. The first-order chi connectivity index (χ1) is 9.01. The van der Waals surface area contributed by atoms with Crippen LogP contribution in [0, 0.1) is 13.8 Å². The maximum atomic E-state index is 5.45. The van der Waals surface area contributed by atoms with Crippen LogP contribution in [0.4, 0.5) is 0 Å². The molecule has 2 aromatic carbocycles. The zero-order valence-electron chi connectivity index (χ0n) is 11.2. The van der Waals surface area contributed by atoms with Gasteiger partial charge in [-0.2, -0.15) is 0 Å². The minimum Gasteiger partial charge on any atom is -0.496 e. The van der Waals surface area contributed by atoms with E-state index in [9.17, 15) is 0 Å². The average Bonchev–Trinajstić information content (AvgIpc) is 2.36. The number of hydrogen-bond acceptors (Lipinski definition) is 1. The first-order valence-corrected chi connectivity index (χ1v) is 7.78. The van der Waals surface area contributed by atoms with Crippen LogP contribution in [0.15, 0.2) is 40.9 Å². The normalized spacial score (nSPS) is 12.3. The van der Waals surface area contributed by atoms with Gasteiger partial charge in [0.1, 0.15) is 5.75 Å². The van der Waals surface area contributed by atoms with Gasteiger partial charge in [0, 0.05) is 10.0 Å². The summed E-state index contributed by atoms with van der Waals surface area (Å²) >= 11 is 7.31. The number of aryl methyl sites for hydroxylation is 2. The van der Waals surface area contributed by atoms with E-state index in [2.05, 4.69) is 70.0 Å². The maximum Gasteiger partial charge on any atom is 0.123 e. The van der Waals surface area contributed by atoms with Crippen LogP contribution in [-0.4, -0.2) is 7.11 Å². The molecule has 3 heteroatoms. The molecule has 0 saturated carbocycles. The predicted molar refractivity (Wildman–Crippen MR) is 87.4 cm³/mol. The second-order valence-corrected chi connectivity index (χ2v) is 6.50. The third-order valence-corrected chi connectivity index (χ3v) is 4.52. The molecule has 0 heterocycles. The number of hydrogen-bond donors (Lipinski definition) is 0. The Balaban J connectivity index is 2.48. The van der Waals surface area contributed by atoms with Crippen molar-refractivity contribution < 1.29 is 4.74 Å². The topological polar surface area (TPSA) is 9.23 Å². The van der Waals surface area contributed by atoms with Crippen LogP contribution in [0.3, 0.4) is 0 Å². The zero-order valence-corrected chi connectivity index (χ0v) is 14.4. The number of ether oxygens (including phenoxy) is 1. The molecule has 100 valence electrons. The van der Waals surface area contributed by atoms with Crippen molar-refractivity contribution >= 4 is 31.9 Å². The molecule has 0 aromatic heterocycles. The van der Waals surface area contributed by atoms with Gasteiger partial charge in [0.05, 0.1) is 11.9 Å². The summed E-state index contributed by atoms with van der Waals surface area (Å²) in [6, 6.07) is 12.6. The minimum absolute atomic E-state index is 0.124. The van der Waals surface area contributed by atoms with Gasteiger partial charge in [-0.3, -0.25) is 0 Å². The number of rotatable bonds is 3. The molecule has 1 unspecified atom stereocenters. The van der Waals surface area contributed by atoms with Gasteiger partial charge in [0.2, 0.25) is 0 Å². The quantitative estimate of drug-likeness (QED) is 0.630. The highest BCUT2D eigenvalue weighted by molar-refractivity contribution is 9.10. The standard InChI is InChI=1S/C16H16Br2O/c1-10-6-11(2)8-12(7-10)16(18)14-9-13(17)4-5-15(14)19-3/h4-9,16H,1-3H3. The van der Waals surface area contributed by atoms with Crippen molar-refractivity contribution in [1.29, 1.82) is 0 Å². The van der Waals surface area contributed by atoms with Crippen LogP contribution in [0.1, 0.15) is 27.1 Å². The third-order valence-electron chi connectivity index (χ3n) is 3.00. The first-order valence-electron chi connectivity index (χ1n) is 6.07. The fourth-order valence-corrected chi connectivity index (χ4v) is 3.24. The Morgan fingerprint density at radius 1 is 1.00 bits per heavy atom. The Labute approximate surface area is 131 Å². The monoisotopic (exact) mass is 382 g/mol. The van der Waals surface area contributed by atoms with E-state index in [-0.39, 0.29) is 4.83 Å². The van der Waals surface area contributed by atoms with Gasteiger partial charge >= 0.3 is 0 Å². The molecule has 0 aliphatic carbocycles. The van der Waals surface area contributed by atoms with E-state index in [1.807, 2.05) is 12.1 Å². The van der Waals surface area contributed by atoms with Crippen LogP contribution >= 0.6 is 31.9 Å². The fraction of sp³-hybridized carbons (Fsp3) is 0.250. The molecule has 1 atom stereocenters. The van der Waals surface area contributed by atoms with Gasteiger partial charge in [0.25, 0.3) is 0 Å². The van der Waals surface area contributed by atoms with Crippen molar-refractivity contribution in [3.63, 3.8) is 0 Å². The number of halogens is 2. The van der Waals surface area contributed by atoms with E-state index in [0.717, 1.165) is 15.8 Å². The number of benzene rings is 2. The molecule has 2 rings (SSSR count). The average molecular weight is 384 g/mol. The Bertz CT molecular complexity index is 573. The van der Waals surface area contributed by atoms with Gasteiger partial charge in [-0.05, 0) is 37.6 Å². The largest absolute Gasteiger partial charge is 0.496 e. The summed E-state index contributed by atoms with van der Waals surface area (Å²) in [4.78, 5) is 0.124. The predicted octanol–water partition coefficient (Wildman–Crippen LogP) is 5.56. The molecule has 0 amide bonds. The second kappa shape index (κ2) is 6.10. The van der Waals surface area contributed by atoms with Crippen molar-refractivity contribution in [1.82, 2.24) is 0 Å². The maximum absolute atomic E-state index is 5.45. The van der Waals surface area contributed by atoms with Gasteiger partial charge in [0.15, 0.2) is 0 Å². The van der Waals surface area contributed by atoms with Gasteiger partial charge in [-0.1, -0.05) is 61.2 Å². The van der Waals surface area contributed by atoms with Crippen LogP contribution in [-0.2, 0) is 0 Å². The molecule has 0 fully saturated rings. The zero-order chi connectivity index (χ0) is 14.0. The number of alkyl halides is 1. The van der Waals surface area contributed by atoms with Crippen LogP contribution < -0.4 is 4.74 Å². The lowest BCUT2D eigenvalue weighted by atomic mass is 10.00. The molecule has 0 aliphatic heterocycles. The molecule has 0 bridgehead atoms. The summed E-state index contributed by atoms with van der Waals surface area (Å²) in [7, 11) is 1.70. The lowest BCUT2D eigenvalue weighted by Crippen LogP contribution is -1.98. The summed E-state index contributed by atoms with van der Waals surface area (Å²) in [6.45, 7) is 4.24. The molecule has 2 aromatic rings. The molecule has 0 aliphatic rings.